The van der Waals surface area contributed by atoms with Gasteiger partial charge in [-0.05, 0) is 112 Å². The van der Waals surface area contributed by atoms with E-state index < -0.39 is 0 Å². The van der Waals surface area contributed by atoms with Crippen LogP contribution in [0.5, 0.6) is 0 Å². The van der Waals surface area contributed by atoms with E-state index in [2.05, 4.69) is 210 Å². The van der Waals surface area contributed by atoms with Gasteiger partial charge in [-0.1, -0.05) is 133 Å². The van der Waals surface area contributed by atoms with Gasteiger partial charge in [-0.3, -0.25) is 0 Å². The Morgan fingerprint density at radius 3 is 1.67 bits per heavy atom. The van der Waals surface area contributed by atoms with Gasteiger partial charge >= 0.3 is 0 Å². The Hall–Kier alpha value is -8.08. The molecule has 0 N–H and O–H groups in total. The number of para-hydroxylation sites is 4. The van der Waals surface area contributed by atoms with Gasteiger partial charge in [-0.2, -0.15) is 0 Å². The fourth-order valence-corrected chi connectivity index (χ4v) is 9.08. The summed E-state index contributed by atoms with van der Waals surface area (Å²) in [5, 5.41) is 9.05. The standard InChI is InChI=1S/C56H36N2O2/c1-3-15-37(16-4-1)44-21-7-10-24-50(44)57(40-17-5-2-6-18-40)41-19-13-20-42(34-41)58(51-25-14-28-54-56(51)46-23-9-12-27-53(46)59-54)43-32-31-38-29-30-39-33-55-49(36-48(39)47(38)35-43)45-22-8-11-26-52(45)60-55/h1-36H. The maximum Gasteiger partial charge on any atom is 0.137 e. The predicted molar refractivity (Wildman–Crippen MR) is 251 cm³/mol. The molecular formula is C56H36N2O2. The van der Waals surface area contributed by atoms with Crippen LogP contribution in [0.4, 0.5) is 34.1 Å². The van der Waals surface area contributed by atoms with Crippen molar-refractivity contribution in [2.24, 2.45) is 0 Å². The number of hydrogen-bond acceptors (Lipinski definition) is 4. The van der Waals surface area contributed by atoms with E-state index in [0.29, 0.717) is 0 Å². The minimum absolute atomic E-state index is 0.845. The van der Waals surface area contributed by atoms with Gasteiger partial charge in [0.1, 0.15) is 22.3 Å². The Morgan fingerprint density at radius 1 is 0.283 bits per heavy atom. The average molecular weight is 769 g/mol. The van der Waals surface area contributed by atoms with E-state index >= 15 is 0 Å². The number of rotatable bonds is 7. The fourth-order valence-electron chi connectivity index (χ4n) is 9.08. The summed E-state index contributed by atoms with van der Waals surface area (Å²) in [4.78, 5) is 4.76. The minimum atomic E-state index is 0.845. The van der Waals surface area contributed by atoms with Crippen LogP contribution in [0.1, 0.15) is 0 Å². The molecule has 4 heteroatoms. The summed E-state index contributed by atoms with van der Waals surface area (Å²) in [5.41, 5.74) is 12.1. The zero-order valence-corrected chi connectivity index (χ0v) is 32.5. The lowest BCUT2D eigenvalue weighted by Crippen LogP contribution is -2.14. The maximum absolute atomic E-state index is 6.50. The average Bonchev–Trinajstić information content (AvgIpc) is 3.88. The van der Waals surface area contributed by atoms with Crippen LogP contribution in [-0.4, -0.2) is 0 Å². The molecule has 0 saturated carbocycles. The van der Waals surface area contributed by atoms with E-state index in [-0.39, 0.29) is 0 Å². The summed E-state index contributed by atoms with van der Waals surface area (Å²) in [5.74, 6) is 0. The molecule has 60 heavy (non-hydrogen) atoms. The van der Waals surface area contributed by atoms with E-state index in [9.17, 15) is 0 Å². The smallest absolute Gasteiger partial charge is 0.137 e. The molecule has 0 radical (unpaired) electrons. The van der Waals surface area contributed by atoms with Crippen molar-refractivity contribution >= 4 is 99.5 Å². The second kappa shape index (κ2) is 13.8. The van der Waals surface area contributed by atoms with E-state index in [0.717, 1.165) is 94.5 Å². The first-order valence-corrected chi connectivity index (χ1v) is 20.3. The molecule has 0 atom stereocenters. The number of benzene rings is 10. The highest BCUT2D eigenvalue weighted by molar-refractivity contribution is 6.18. The van der Waals surface area contributed by atoms with Crippen LogP contribution in [0, 0.1) is 0 Å². The van der Waals surface area contributed by atoms with Crippen LogP contribution in [0.2, 0.25) is 0 Å². The quantitative estimate of drug-likeness (QED) is 0.151. The molecule has 0 bridgehead atoms. The molecule has 0 amide bonds. The normalized spacial score (nSPS) is 11.7. The highest BCUT2D eigenvalue weighted by atomic mass is 16.3. The molecule has 10 aromatic carbocycles. The first kappa shape index (κ1) is 34.0. The molecule has 2 aromatic heterocycles. The van der Waals surface area contributed by atoms with Gasteiger partial charge in [0.15, 0.2) is 0 Å². The lowest BCUT2D eigenvalue weighted by atomic mass is 9.98. The zero-order valence-electron chi connectivity index (χ0n) is 32.5. The van der Waals surface area contributed by atoms with Crippen molar-refractivity contribution < 1.29 is 8.83 Å². The van der Waals surface area contributed by atoms with Crippen LogP contribution in [0.3, 0.4) is 0 Å². The molecule has 0 aliphatic heterocycles. The van der Waals surface area contributed by atoms with Crippen LogP contribution < -0.4 is 9.80 Å². The van der Waals surface area contributed by atoms with Crippen molar-refractivity contribution in [3.63, 3.8) is 0 Å². The van der Waals surface area contributed by atoms with Crippen molar-refractivity contribution in [2.45, 2.75) is 0 Å². The van der Waals surface area contributed by atoms with Gasteiger partial charge in [0, 0.05) is 44.5 Å². The SMILES string of the molecule is c1ccc(-c2ccccc2N(c2ccccc2)c2cccc(N(c3ccc4ccc5cc6oc7ccccc7c6cc5c4c3)c3cccc4oc5ccccc5c34)c2)cc1. The summed E-state index contributed by atoms with van der Waals surface area (Å²) in [6.07, 6.45) is 0. The van der Waals surface area contributed by atoms with E-state index in [1.165, 1.54) is 16.2 Å². The summed E-state index contributed by atoms with van der Waals surface area (Å²) in [6, 6.07) is 77.6. The molecule has 0 unspecified atom stereocenters. The molecule has 282 valence electrons. The van der Waals surface area contributed by atoms with E-state index in [4.69, 9.17) is 8.83 Å². The number of hydrogen-bond donors (Lipinski definition) is 0. The third-order valence-electron chi connectivity index (χ3n) is 11.8. The first-order valence-electron chi connectivity index (χ1n) is 20.3. The molecular weight excluding hydrogens is 733 g/mol. The summed E-state index contributed by atoms with van der Waals surface area (Å²) in [7, 11) is 0. The van der Waals surface area contributed by atoms with Crippen molar-refractivity contribution in [1.29, 1.82) is 0 Å². The maximum atomic E-state index is 6.50. The fraction of sp³-hybridized carbons (Fsp3) is 0. The molecule has 2 heterocycles. The van der Waals surface area contributed by atoms with Crippen molar-refractivity contribution in [1.82, 2.24) is 0 Å². The Kier molecular flexibility index (Phi) is 7.82. The Balaban J connectivity index is 1.11. The number of anilines is 6. The number of fused-ring (bicyclic) bond motifs is 9. The van der Waals surface area contributed by atoms with Gasteiger partial charge in [0.2, 0.25) is 0 Å². The lowest BCUT2D eigenvalue weighted by Gasteiger charge is -2.31. The monoisotopic (exact) mass is 768 g/mol. The Labute approximate surface area is 346 Å². The first-order chi connectivity index (χ1) is 29.7. The molecule has 0 aliphatic carbocycles. The van der Waals surface area contributed by atoms with Gasteiger partial charge in [-0.25, -0.2) is 0 Å². The molecule has 0 fully saturated rings. The highest BCUT2D eigenvalue weighted by Crippen LogP contribution is 2.47. The molecule has 0 aliphatic rings. The Bertz CT molecular complexity index is 3570. The van der Waals surface area contributed by atoms with Gasteiger partial charge in [-0.15, -0.1) is 0 Å². The lowest BCUT2D eigenvalue weighted by molar-refractivity contribution is 0.669. The van der Waals surface area contributed by atoms with Crippen molar-refractivity contribution in [2.75, 3.05) is 9.80 Å². The highest BCUT2D eigenvalue weighted by Gasteiger charge is 2.23. The van der Waals surface area contributed by atoms with E-state index in [1.807, 2.05) is 18.2 Å². The molecule has 4 nitrogen and oxygen atoms in total. The Morgan fingerprint density at radius 2 is 0.833 bits per heavy atom. The minimum Gasteiger partial charge on any atom is -0.456 e. The van der Waals surface area contributed by atoms with E-state index in [1.54, 1.807) is 0 Å². The predicted octanol–water partition coefficient (Wildman–Crippen LogP) is 16.4. The second-order valence-corrected chi connectivity index (χ2v) is 15.3. The van der Waals surface area contributed by atoms with Gasteiger partial charge < -0.3 is 18.6 Å². The van der Waals surface area contributed by atoms with Gasteiger partial charge in [0.05, 0.1) is 16.8 Å². The largest absolute Gasteiger partial charge is 0.456 e. The zero-order chi connectivity index (χ0) is 39.6. The number of nitrogens with zero attached hydrogens (tertiary/aromatic N) is 2. The third-order valence-corrected chi connectivity index (χ3v) is 11.8. The molecule has 0 spiro atoms. The molecule has 12 rings (SSSR count). The van der Waals surface area contributed by atoms with Crippen molar-refractivity contribution in [3.05, 3.63) is 218 Å². The summed E-state index contributed by atoms with van der Waals surface area (Å²) >= 11 is 0. The van der Waals surface area contributed by atoms with Crippen molar-refractivity contribution in [3.8, 4) is 11.1 Å². The molecule has 0 saturated heterocycles. The third kappa shape index (κ3) is 5.53. The number of furan rings is 2. The topological polar surface area (TPSA) is 32.8 Å². The van der Waals surface area contributed by atoms with Crippen LogP contribution in [0.15, 0.2) is 227 Å². The molecule has 12 aromatic rings. The van der Waals surface area contributed by atoms with Crippen LogP contribution >= 0.6 is 0 Å². The second-order valence-electron chi connectivity index (χ2n) is 15.3. The van der Waals surface area contributed by atoms with Crippen LogP contribution in [0.25, 0.3) is 76.5 Å². The summed E-state index contributed by atoms with van der Waals surface area (Å²) in [6.45, 7) is 0. The van der Waals surface area contributed by atoms with Crippen LogP contribution in [-0.2, 0) is 0 Å². The summed E-state index contributed by atoms with van der Waals surface area (Å²) < 4.78 is 12.8. The van der Waals surface area contributed by atoms with Gasteiger partial charge in [0.25, 0.3) is 0 Å².